The van der Waals surface area contributed by atoms with Crippen molar-refractivity contribution in [2.75, 3.05) is 5.73 Å². The number of nitrogens with two attached hydrogens (primary N) is 1. The number of halogens is 1. The van der Waals surface area contributed by atoms with E-state index in [0.717, 1.165) is 0 Å². The van der Waals surface area contributed by atoms with Crippen molar-refractivity contribution in [2.45, 2.75) is 38.9 Å². The van der Waals surface area contributed by atoms with E-state index in [1.807, 2.05) is 27.7 Å². The number of carbonyl (C=O) groups is 1. The van der Waals surface area contributed by atoms with E-state index < -0.39 is 24.0 Å². The van der Waals surface area contributed by atoms with Crippen molar-refractivity contribution in [3.05, 3.63) is 70.4 Å². The second-order valence-corrected chi connectivity index (χ2v) is 7.99. The van der Waals surface area contributed by atoms with Crippen molar-refractivity contribution in [1.29, 1.82) is 0 Å². The quantitative estimate of drug-likeness (QED) is 0.519. The summed E-state index contributed by atoms with van der Waals surface area (Å²) in [5.74, 6) is -0.147. The first-order valence-electron chi connectivity index (χ1n) is 8.92. The number of hydrogen-bond acceptors (Lipinski definition) is 4. The van der Waals surface area contributed by atoms with Gasteiger partial charge in [0.1, 0.15) is 5.73 Å². The summed E-state index contributed by atoms with van der Waals surface area (Å²) in [4.78, 5) is 12.9. The fourth-order valence-corrected chi connectivity index (χ4v) is 3.48. The zero-order valence-electron chi connectivity index (χ0n) is 15.8. The van der Waals surface area contributed by atoms with Gasteiger partial charge in [0.2, 0.25) is 0 Å². The van der Waals surface area contributed by atoms with Gasteiger partial charge in [-0.1, -0.05) is 24.3 Å². The van der Waals surface area contributed by atoms with Crippen LogP contribution in [0, 0.1) is 0 Å². The monoisotopic (exact) mass is 365 g/mol. The standard InChI is InChI=1S/C21H21BFNO3/c1-20(2)21(3,4)27-22(26-20)19(23)17-13-7-5-6-8-14(13)18(25)15-10-9-12(24)11-16(15)17/h5-11H,24H2,1-4H3. The Labute approximate surface area is 158 Å². The largest absolute Gasteiger partial charge is 0.525 e. The first-order chi connectivity index (χ1) is 12.6. The number of ketones is 1. The Bertz CT molecular complexity index is 981. The normalized spacial score (nSPS) is 21.7. The smallest absolute Gasteiger partial charge is 0.399 e. The van der Waals surface area contributed by atoms with E-state index in [-0.39, 0.29) is 5.78 Å². The van der Waals surface area contributed by atoms with Gasteiger partial charge >= 0.3 is 7.12 Å². The van der Waals surface area contributed by atoms with Gasteiger partial charge in [-0.2, -0.15) is 0 Å². The Morgan fingerprint density at radius 3 is 2.11 bits per heavy atom. The van der Waals surface area contributed by atoms with Crippen LogP contribution in [-0.4, -0.2) is 24.1 Å². The molecule has 1 aliphatic heterocycles. The molecule has 2 aromatic rings. The molecule has 4 nitrogen and oxygen atoms in total. The summed E-state index contributed by atoms with van der Waals surface area (Å²) in [6, 6.07) is 11.9. The van der Waals surface area contributed by atoms with Crippen LogP contribution in [0.25, 0.3) is 5.57 Å². The molecule has 1 saturated heterocycles. The summed E-state index contributed by atoms with van der Waals surface area (Å²) in [6.07, 6.45) is 0. The van der Waals surface area contributed by atoms with E-state index >= 15 is 4.39 Å². The number of fused-ring (bicyclic) bond motifs is 2. The SMILES string of the molecule is CC1(C)OB(C(F)=C2c3ccccc3C(=O)c3ccc(N)cc32)OC1(C)C. The molecule has 0 atom stereocenters. The lowest BCUT2D eigenvalue weighted by Crippen LogP contribution is -2.41. The van der Waals surface area contributed by atoms with Crippen LogP contribution >= 0.6 is 0 Å². The van der Waals surface area contributed by atoms with E-state index in [4.69, 9.17) is 15.0 Å². The summed E-state index contributed by atoms with van der Waals surface area (Å²) >= 11 is 0. The zero-order chi connectivity index (χ0) is 19.6. The molecule has 1 fully saturated rings. The molecule has 0 bridgehead atoms. The van der Waals surface area contributed by atoms with Gasteiger partial charge in [-0.3, -0.25) is 4.79 Å². The third-order valence-corrected chi connectivity index (χ3v) is 5.70. The van der Waals surface area contributed by atoms with Crippen LogP contribution in [0.3, 0.4) is 0 Å². The molecule has 27 heavy (non-hydrogen) atoms. The predicted molar refractivity (Wildman–Crippen MR) is 104 cm³/mol. The topological polar surface area (TPSA) is 61.5 Å². The fourth-order valence-electron chi connectivity index (χ4n) is 3.48. The molecular formula is C21H21BFNO3. The Morgan fingerprint density at radius 2 is 1.48 bits per heavy atom. The van der Waals surface area contributed by atoms with Gasteiger partial charge < -0.3 is 15.0 Å². The summed E-state index contributed by atoms with van der Waals surface area (Å²) in [7, 11) is -1.15. The second kappa shape index (κ2) is 5.78. The van der Waals surface area contributed by atoms with Crippen LogP contribution in [0.15, 0.2) is 48.2 Å². The molecule has 0 spiro atoms. The average Bonchev–Trinajstić information content (AvgIpc) is 2.82. The van der Waals surface area contributed by atoms with Crippen molar-refractivity contribution in [2.24, 2.45) is 0 Å². The van der Waals surface area contributed by atoms with Gasteiger partial charge in [0, 0.05) is 22.4 Å². The minimum absolute atomic E-state index is 0.147. The average molecular weight is 365 g/mol. The lowest BCUT2D eigenvalue weighted by molar-refractivity contribution is 0.00578. The van der Waals surface area contributed by atoms with E-state index in [0.29, 0.717) is 33.5 Å². The molecule has 6 heteroatoms. The van der Waals surface area contributed by atoms with Crippen molar-refractivity contribution in [1.82, 2.24) is 0 Å². The van der Waals surface area contributed by atoms with Gasteiger partial charge in [-0.15, -0.1) is 0 Å². The van der Waals surface area contributed by atoms with Gasteiger partial charge in [0.15, 0.2) is 5.78 Å². The number of anilines is 1. The highest BCUT2D eigenvalue weighted by Gasteiger charge is 2.54. The van der Waals surface area contributed by atoms with Gasteiger partial charge in [0.25, 0.3) is 0 Å². The molecule has 0 saturated carbocycles. The number of rotatable bonds is 1. The van der Waals surface area contributed by atoms with Crippen molar-refractivity contribution < 1.29 is 18.5 Å². The Kier molecular flexibility index (Phi) is 3.84. The van der Waals surface area contributed by atoms with Crippen molar-refractivity contribution in [3.8, 4) is 0 Å². The minimum Gasteiger partial charge on any atom is -0.399 e. The molecule has 0 unspecified atom stereocenters. The van der Waals surface area contributed by atoms with Gasteiger partial charge in [-0.05, 0) is 57.0 Å². The predicted octanol–water partition coefficient (Wildman–Crippen LogP) is 4.17. The molecule has 138 valence electrons. The van der Waals surface area contributed by atoms with Crippen molar-refractivity contribution in [3.63, 3.8) is 0 Å². The van der Waals surface area contributed by atoms with E-state index in [1.54, 1.807) is 42.5 Å². The summed E-state index contributed by atoms with van der Waals surface area (Å²) in [5.41, 5.74) is 6.65. The molecule has 0 radical (unpaired) electrons. The van der Waals surface area contributed by atoms with Crippen LogP contribution in [0.4, 0.5) is 10.1 Å². The number of hydrogen-bond donors (Lipinski definition) is 1. The first-order valence-corrected chi connectivity index (χ1v) is 8.92. The lowest BCUT2D eigenvalue weighted by Gasteiger charge is -2.32. The highest BCUT2D eigenvalue weighted by atomic mass is 19.1. The highest BCUT2D eigenvalue weighted by Crippen LogP contribution is 2.44. The first kappa shape index (κ1) is 18.0. The highest BCUT2D eigenvalue weighted by molar-refractivity contribution is 6.56. The second-order valence-electron chi connectivity index (χ2n) is 7.99. The van der Waals surface area contributed by atoms with E-state index in [2.05, 4.69) is 0 Å². The van der Waals surface area contributed by atoms with Crippen LogP contribution in [-0.2, 0) is 9.31 Å². The van der Waals surface area contributed by atoms with Gasteiger partial charge in [0.05, 0.1) is 11.2 Å². The molecule has 1 heterocycles. The Morgan fingerprint density at radius 1 is 0.926 bits per heavy atom. The molecule has 1 aliphatic carbocycles. The maximum Gasteiger partial charge on any atom is 0.525 e. The minimum atomic E-state index is -1.15. The van der Waals surface area contributed by atoms with Crippen LogP contribution in [0.2, 0.25) is 0 Å². The maximum atomic E-state index is 15.8. The molecule has 4 rings (SSSR count). The summed E-state index contributed by atoms with van der Waals surface area (Å²) in [6.45, 7) is 7.48. The number of benzene rings is 2. The van der Waals surface area contributed by atoms with E-state index in [9.17, 15) is 4.79 Å². The lowest BCUT2D eigenvalue weighted by atomic mass is 9.74. The van der Waals surface area contributed by atoms with Crippen LogP contribution in [0.1, 0.15) is 54.7 Å². The van der Waals surface area contributed by atoms with Crippen LogP contribution < -0.4 is 5.73 Å². The third-order valence-electron chi connectivity index (χ3n) is 5.70. The molecule has 2 aromatic carbocycles. The third kappa shape index (κ3) is 2.63. The molecule has 0 aromatic heterocycles. The fraction of sp³-hybridized carbons (Fsp3) is 0.286. The summed E-state index contributed by atoms with van der Waals surface area (Å²) in [5, 5.41) is 0. The molecular weight excluding hydrogens is 344 g/mol. The zero-order valence-corrected chi connectivity index (χ0v) is 15.8. The van der Waals surface area contributed by atoms with Crippen molar-refractivity contribution >= 4 is 24.2 Å². The number of carbonyl (C=O) groups excluding carboxylic acids is 1. The van der Waals surface area contributed by atoms with Crippen LogP contribution in [0.5, 0.6) is 0 Å². The summed E-state index contributed by atoms with van der Waals surface area (Å²) < 4.78 is 27.6. The molecule has 2 N–H and O–H groups in total. The van der Waals surface area contributed by atoms with Gasteiger partial charge in [-0.25, -0.2) is 4.39 Å². The molecule has 2 aliphatic rings. The number of nitrogen functional groups attached to an aromatic ring is 1. The molecule has 0 amide bonds. The Hall–Kier alpha value is -2.44. The van der Waals surface area contributed by atoms with E-state index in [1.165, 1.54) is 0 Å². The maximum absolute atomic E-state index is 15.8. The Balaban J connectivity index is 1.95.